The summed E-state index contributed by atoms with van der Waals surface area (Å²) in [6, 6.07) is 16.6. The maximum absolute atomic E-state index is 12.5. The number of carbonyl (C=O) groups excluding carboxylic acids is 1. The van der Waals surface area contributed by atoms with Crippen LogP contribution in [-0.2, 0) is 26.4 Å². The number of carbonyl (C=O) groups is 1. The van der Waals surface area contributed by atoms with Crippen molar-refractivity contribution in [2.24, 2.45) is 0 Å². The zero-order valence-electron chi connectivity index (χ0n) is 13.6. The van der Waals surface area contributed by atoms with Gasteiger partial charge in [-0.25, -0.2) is 0 Å². The number of benzene rings is 2. The van der Waals surface area contributed by atoms with Gasteiger partial charge in [0.25, 0.3) is 0 Å². The molecule has 7 heteroatoms. The largest absolute Gasteiger partial charge is 0.460 e. The summed E-state index contributed by atoms with van der Waals surface area (Å²) in [5, 5.41) is 0. The summed E-state index contributed by atoms with van der Waals surface area (Å²) in [6.45, 7) is 0.351. The molecule has 2 aromatic carbocycles. The maximum atomic E-state index is 12.5. The molecule has 1 aliphatic rings. The average molecular weight is 361 g/mol. The Morgan fingerprint density at radius 1 is 1.04 bits per heavy atom. The zero-order chi connectivity index (χ0) is 17.7. The topological polar surface area (TPSA) is 72.9 Å². The van der Waals surface area contributed by atoms with E-state index in [1.807, 2.05) is 30.3 Å². The lowest BCUT2D eigenvalue weighted by Gasteiger charge is -2.22. The van der Waals surface area contributed by atoms with Gasteiger partial charge in [0.05, 0.1) is 0 Å². The van der Waals surface area contributed by atoms with Crippen LogP contribution in [0.1, 0.15) is 18.4 Å². The van der Waals surface area contributed by atoms with E-state index in [9.17, 15) is 13.2 Å². The first-order chi connectivity index (χ1) is 12.1. The third kappa shape index (κ3) is 4.37. The molecule has 0 saturated carbocycles. The summed E-state index contributed by atoms with van der Waals surface area (Å²) in [4.78, 5) is 12.3. The minimum absolute atomic E-state index is 0.115. The Bertz CT molecular complexity index is 808. The molecule has 0 radical (unpaired) electrons. The van der Waals surface area contributed by atoms with Crippen LogP contribution in [0.25, 0.3) is 0 Å². The first kappa shape index (κ1) is 17.4. The second-order valence-electron chi connectivity index (χ2n) is 5.72. The summed E-state index contributed by atoms with van der Waals surface area (Å²) in [5.74, 6) is -0.340. The van der Waals surface area contributed by atoms with Gasteiger partial charge in [-0.2, -0.15) is 12.7 Å². The minimum Gasteiger partial charge on any atom is -0.460 e. The molecule has 1 atom stereocenters. The van der Waals surface area contributed by atoms with Gasteiger partial charge in [0.1, 0.15) is 18.4 Å². The molecule has 132 valence electrons. The van der Waals surface area contributed by atoms with Crippen LogP contribution in [0.3, 0.4) is 0 Å². The molecule has 3 rings (SSSR count). The van der Waals surface area contributed by atoms with Gasteiger partial charge in [-0.3, -0.25) is 4.79 Å². The van der Waals surface area contributed by atoms with E-state index < -0.39 is 22.3 Å². The Morgan fingerprint density at radius 3 is 2.36 bits per heavy atom. The highest BCUT2D eigenvalue weighted by Gasteiger charge is 2.41. The lowest BCUT2D eigenvalue weighted by molar-refractivity contribution is -0.148. The molecule has 6 nitrogen and oxygen atoms in total. The van der Waals surface area contributed by atoms with E-state index in [4.69, 9.17) is 8.92 Å². The summed E-state index contributed by atoms with van der Waals surface area (Å²) in [5.41, 5.74) is 0.851. The molecular formula is C18H19NO5S. The number of ether oxygens (including phenoxy) is 1. The number of hydrogen-bond donors (Lipinski definition) is 0. The van der Waals surface area contributed by atoms with Crippen molar-refractivity contribution in [2.45, 2.75) is 25.5 Å². The predicted octanol–water partition coefficient (Wildman–Crippen LogP) is 2.52. The SMILES string of the molecule is O=C(OCc1ccccc1)[C@@H]1CCCN1S(=O)(=O)Oc1ccccc1. The van der Waals surface area contributed by atoms with Crippen LogP contribution in [0.5, 0.6) is 5.75 Å². The van der Waals surface area contributed by atoms with E-state index in [1.165, 1.54) is 0 Å². The third-order valence-corrected chi connectivity index (χ3v) is 5.35. The highest BCUT2D eigenvalue weighted by Crippen LogP contribution is 2.25. The minimum atomic E-state index is -4.06. The molecule has 0 aliphatic carbocycles. The fourth-order valence-corrected chi connectivity index (χ4v) is 4.02. The lowest BCUT2D eigenvalue weighted by Crippen LogP contribution is -2.43. The van der Waals surface area contributed by atoms with E-state index in [1.54, 1.807) is 30.3 Å². The van der Waals surface area contributed by atoms with Crippen molar-refractivity contribution >= 4 is 16.3 Å². The van der Waals surface area contributed by atoms with Gasteiger partial charge < -0.3 is 8.92 Å². The van der Waals surface area contributed by atoms with Crippen LogP contribution in [0.2, 0.25) is 0 Å². The lowest BCUT2D eigenvalue weighted by atomic mass is 10.2. The zero-order valence-corrected chi connectivity index (χ0v) is 14.4. The Morgan fingerprint density at radius 2 is 1.68 bits per heavy atom. The van der Waals surface area contributed by atoms with Gasteiger partial charge in [0.2, 0.25) is 0 Å². The van der Waals surface area contributed by atoms with E-state index in [0.717, 1.165) is 9.87 Å². The molecule has 1 saturated heterocycles. The molecule has 0 amide bonds. The molecule has 1 aliphatic heterocycles. The van der Waals surface area contributed by atoms with Crippen LogP contribution in [0.4, 0.5) is 0 Å². The third-order valence-electron chi connectivity index (χ3n) is 3.93. The standard InChI is InChI=1S/C18H19NO5S/c20-18(23-14-15-8-3-1-4-9-15)17-12-7-13-19(17)25(21,22)24-16-10-5-2-6-11-16/h1-6,8-11,17H,7,12-14H2/t17-/m0/s1. The molecule has 1 fully saturated rings. The molecule has 0 spiro atoms. The normalized spacial score (nSPS) is 18.0. The molecule has 1 heterocycles. The fraction of sp³-hybridized carbons (Fsp3) is 0.278. The Balaban J connectivity index is 1.66. The predicted molar refractivity (Wildman–Crippen MR) is 92.0 cm³/mol. The van der Waals surface area contributed by atoms with Gasteiger partial charge in [0, 0.05) is 6.54 Å². The van der Waals surface area contributed by atoms with Gasteiger partial charge in [-0.15, -0.1) is 0 Å². The van der Waals surface area contributed by atoms with Crippen molar-refractivity contribution in [3.63, 3.8) is 0 Å². The highest BCUT2D eigenvalue weighted by atomic mass is 32.2. The molecule has 25 heavy (non-hydrogen) atoms. The molecule has 0 N–H and O–H groups in total. The smallest absolute Gasteiger partial charge is 0.385 e. The van der Waals surface area contributed by atoms with Gasteiger partial charge in [-0.05, 0) is 30.5 Å². The van der Waals surface area contributed by atoms with E-state index >= 15 is 0 Å². The number of hydrogen-bond acceptors (Lipinski definition) is 5. The number of para-hydroxylation sites is 1. The molecule has 2 aromatic rings. The molecular weight excluding hydrogens is 342 g/mol. The highest BCUT2D eigenvalue weighted by molar-refractivity contribution is 7.84. The quantitative estimate of drug-likeness (QED) is 0.739. The van der Waals surface area contributed by atoms with Crippen LogP contribution in [0.15, 0.2) is 60.7 Å². The first-order valence-corrected chi connectivity index (χ1v) is 9.40. The van der Waals surface area contributed by atoms with E-state index in [-0.39, 0.29) is 18.9 Å². The van der Waals surface area contributed by atoms with Crippen LogP contribution in [0, 0.1) is 0 Å². The van der Waals surface area contributed by atoms with Gasteiger partial charge >= 0.3 is 16.3 Å². The average Bonchev–Trinajstić information content (AvgIpc) is 3.12. The Kier molecular flexibility index (Phi) is 5.35. The number of esters is 1. The van der Waals surface area contributed by atoms with E-state index in [2.05, 4.69) is 0 Å². The summed E-state index contributed by atoms with van der Waals surface area (Å²) in [7, 11) is -4.06. The van der Waals surface area contributed by atoms with Crippen molar-refractivity contribution in [1.29, 1.82) is 0 Å². The van der Waals surface area contributed by atoms with Crippen molar-refractivity contribution in [3.05, 3.63) is 66.2 Å². The molecule has 0 unspecified atom stereocenters. The van der Waals surface area contributed by atoms with Crippen LogP contribution < -0.4 is 4.18 Å². The van der Waals surface area contributed by atoms with Crippen molar-refractivity contribution in [1.82, 2.24) is 4.31 Å². The fourth-order valence-electron chi connectivity index (χ4n) is 2.71. The monoisotopic (exact) mass is 361 g/mol. The number of rotatable bonds is 6. The maximum Gasteiger partial charge on any atom is 0.385 e. The van der Waals surface area contributed by atoms with Crippen LogP contribution >= 0.6 is 0 Å². The molecule has 0 bridgehead atoms. The molecule has 0 aromatic heterocycles. The summed E-state index contributed by atoms with van der Waals surface area (Å²) in [6.07, 6.45) is 1.01. The second kappa shape index (κ2) is 7.67. The van der Waals surface area contributed by atoms with Gasteiger partial charge in [-0.1, -0.05) is 48.5 Å². The van der Waals surface area contributed by atoms with Crippen molar-refractivity contribution < 1.29 is 22.1 Å². The summed E-state index contributed by atoms with van der Waals surface area (Å²) < 4.78 is 36.5. The Labute approximate surface area is 147 Å². The van der Waals surface area contributed by atoms with Gasteiger partial charge in [0.15, 0.2) is 0 Å². The van der Waals surface area contributed by atoms with E-state index in [0.29, 0.717) is 12.8 Å². The first-order valence-electron chi connectivity index (χ1n) is 8.03. The Hall–Kier alpha value is -2.38. The van der Waals surface area contributed by atoms with Crippen molar-refractivity contribution in [2.75, 3.05) is 6.54 Å². The summed E-state index contributed by atoms with van der Waals surface area (Å²) >= 11 is 0. The number of nitrogens with zero attached hydrogens (tertiary/aromatic N) is 1. The second-order valence-corrected chi connectivity index (χ2v) is 7.21. The van der Waals surface area contributed by atoms with Crippen LogP contribution in [-0.4, -0.2) is 31.3 Å². The van der Waals surface area contributed by atoms with Crippen molar-refractivity contribution in [3.8, 4) is 5.75 Å².